The first-order chi connectivity index (χ1) is 14.5. The third kappa shape index (κ3) is 5.07. The predicted octanol–water partition coefficient (Wildman–Crippen LogP) is 4.08. The van der Waals surface area contributed by atoms with Crippen molar-refractivity contribution in [3.8, 4) is 17.0 Å². The van der Waals surface area contributed by atoms with E-state index in [9.17, 15) is 8.42 Å². The van der Waals surface area contributed by atoms with Gasteiger partial charge in [0.15, 0.2) is 0 Å². The van der Waals surface area contributed by atoms with Gasteiger partial charge in [0, 0.05) is 24.8 Å². The first kappa shape index (κ1) is 20.6. The molecule has 0 saturated carbocycles. The molecule has 0 N–H and O–H groups in total. The molecule has 0 radical (unpaired) electrons. The van der Waals surface area contributed by atoms with E-state index in [2.05, 4.69) is 29.2 Å². The van der Waals surface area contributed by atoms with Crippen LogP contribution in [0.15, 0.2) is 66.9 Å². The second kappa shape index (κ2) is 8.98. The van der Waals surface area contributed by atoms with Crippen LogP contribution in [0.1, 0.15) is 23.1 Å². The lowest BCUT2D eigenvalue weighted by atomic mass is 10.0. The molecular weight excluding hydrogens is 396 g/mol. The third-order valence-corrected chi connectivity index (χ3v) is 6.65. The van der Waals surface area contributed by atoms with Gasteiger partial charge in [0.25, 0.3) is 0 Å². The zero-order valence-electron chi connectivity index (χ0n) is 17.1. The van der Waals surface area contributed by atoms with E-state index in [0.717, 1.165) is 41.8 Å². The topological polar surface area (TPSA) is 59.5 Å². The zero-order chi connectivity index (χ0) is 21.0. The summed E-state index contributed by atoms with van der Waals surface area (Å²) in [5, 5.41) is 0. The van der Waals surface area contributed by atoms with Crippen molar-refractivity contribution in [2.45, 2.75) is 25.8 Å². The maximum absolute atomic E-state index is 11.7. The monoisotopic (exact) mass is 422 g/mol. The summed E-state index contributed by atoms with van der Waals surface area (Å²) in [6, 6.07) is 20.3. The average molecular weight is 423 g/mol. The predicted molar refractivity (Wildman–Crippen MR) is 119 cm³/mol. The van der Waals surface area contributed by atoms with Crippen LogP contribution in [-0.2, 0) is 29.4 Å². The highest BCUT2D eigenvalue weighted by atomic mass is 32.2. The van der Waals surface area contributed by atoms with Crippen molar-refractivity contribution in [1.29, 1.82) is 0 Å². The van der Waals surface area contributed by atoms with Gasteiger partial charge in [-0.2, -0.15) is 4.31 Å². The molecule has 2 heterocycles. The summed E-state index contributed by atoms with van der Waals surface area (Å²) in [6.45, 7) is 1.61. The SMILES string of the molecule is CS(=O)(=O)N1CCc2cc(OCCCc3ccc(-c4ccccc4)nc3)ccc2C1. The molecule has 1 aromatic heterocycles. The minimum Gasteiger partial charge on any atom is -0.494 e. The van der Waals surface area contributed by atoms with Crippen molar-refractivity contribution in [3.63, 3.8) is 0 Å². The lowest BCUT2D eigenvalue weighted by Crippen LogP contribution is -2.35. The van der Waals surface area contributed by atoms with Gasteiger partial charge in [-0.3, -0.25) is 4.98 Å². The fourth-order valence-electron chi connectivity index (χ4n) is 3.69. The van der Waals surface area contributed by atoms with Gasteiger partial charge in [0.2, 0.25) is 10.0 Å². The Hall–Kier alpha value is -2.70. The number of benzene rings is 2. The molecule has 0 saturated heterocycles. The Morgan fingerprint density at radius 1 is 1.03 bits per heavy atom. The summed E-state index contributed by atoms with van der Waals surface area (Å²) >= 11 is 0. The smallest absolute Gasteiger partial charge is 0.211 e. The number of sulfonamides is 1. The molecule has 4 rings (SSSR count). The fraction of sp³-hybridized carbons (Fsp3) is 0.292. The van der Waals surface area contributed by atoms with E-state index in [1.54, 1.807) is 0 Å². The second-order valence-electron chi connectivity index (χ2n) is 7.65. The summed E-state index contributed by atoms with van der Waals surface area (Å²) in [4.78, 5) is 4.57. The number of nitrogens with zero attached hydrogens (tertiary/aromatic N) is 2. The summed E-state index contributed by atoms with van der Waals surface area (Å²) in [5.74, 6) is 0.846. The van der Waals surface area contributed by atoms with Crippen LogP contribution in [0.4, 0.5) is 0 Å². The van der Waals surface area contributed by atoms with Gasteiger partial charge >= 0.3 is 0 Å². The van der Waals surface area contributed by atoms with Crippen LogP contribution in [0.2, 0.25) is 0 Å². The van der Waals surface area contributed by atoms with Gasteiger partial charge in [-0.15, -0.1) is 0 Å². The van der Waals surface area contributed by atoms with E-state index < -0.39 is 10.0 Å². The van der Waals surface area contributed by atoms with Crippen LogP contribution in [-0.4, -0.2) is 37.1 Å². The summed E-state index contributed by atoms with van der Waals surface area (Å²) in [7, 11) is -3.14. The Kier molecular flexibility index (Phi) is 6.16. The molecule has 1 aliphatic rings. The maximum Gasteiger partial charge on any atom is 0.211 e. The number of hydrogen-bond donors (Lipinski definition) is 0. The molecular formula is C24H26N2O3S. The third-order valence-electron chi connectivity index (χ3n) is 5.40. The first-order valence-corrected chi connectivity index (χ1v) is 12.0. The lowest BCUT2D eigenvalue weighted by molar-refractivity contribution is 0.309. The van der Waals surface area contributed by atoms with Crippen LogP contribution in [0.5, 0.6) is 5.75 Å². The first-order valence-electron chi connectivity index (χ1n) is 10.2. The zero-order valence-corrected chi connectivity index (χ0v) is 17.9. The highest BCUT2D eigenvalue weighted by molar-refractivity contribution is 7.88. The quantitative estimate of drug-likeness (QED) is 0.539. The summed E-state index contributed by atoms with van der Waals surface area (Å²) in [5.41, 5.74) is 5.54. The second-order valence-corrected chi connectivity index (χ2v) is 9.63. The number of hydrogen-bond acceptors (Lipinski definition) is 4. The highest BCUT2D eigenvalue weighted by Gasteiger charge is 2.23. The van der Waals surface area contributed by atoms with E-state index >= 15 is 0 Å². The molecule has 6 heteroatoms. The molecule has 1 aliphatic heterocycles. The molecule has 2 aromatic carbocycles. The molecule has 0 unspecified atom stereocenters. The van der Waals surface area contributed by atoms with Gasteiger partial charge in [-0.1, -0.05) is 42.5 Å². The Morgan fingerprint density at radius 3 is 2.60 bits per heavy atom. The van der Waals surface area contributed by atoms with Gasteiger partial charge in [0.1, 0.15) is 5.75 Å². The number of fused-ring (bicyclic) bond motifs is 1. The molecule has 0 fully saturated rings. The fourth-order valence-corrected chi connectivity index (χ4v) is 4.49. The van der Waals surface area contributed by atoms with E-state index in [1.807, 2.05) is 42.6 Å². The molecule has 0 atom stereocenters. The van der Waals surface area contributed by atoms with Crippen LogP contribution < -0.4 is 4.74 Å². The molecule has 156 valence electrons. The normalized spacial score (nSPS) is 14.3. The number of rotatable bonds is 7. The Balaban J connectivity index is 1.27. The van der Waals surface area contributed by atoms with Crippen molar-refractivity contribution < 1.29 is 13.2 Å². The van der Waals surface area contributed by atoms with Crippen LogP contribution >= 0.6 is 0 Å². The van der Waals surface area contributed by atoms with E-state index in [0.29, 0.717) is 19.7 Å². The Bertz CT molecular complexity index is 1100. The molecule has 0 aliphatic carbocycles. The van der Waals surface area contributed by atoms with E-state index in [4.69, 9.17) is 4.74 Å². The van der Waals surface area contributed by atoms with Crippen LogP contribution in [0, 0.1) is 0 Å². The molecule has 5 nitrogen and oxygen atoms in total. The number of ether oxygens (including phenoxy) is 1. The lowest BCUT2D eigenvalue weighted by Gasteiger charge is -2.27. The van der Waals surface area contributed by atoms with E-state index in [-0.39, 0.29) is 0 Å². The number of aryl methyl sites for hydroxylation is 1. The van der Waals surface area contributed by atoms with Crippen molar-refractivity contribution in [2.75, 3.05) is 19.4 Å². The van der Waals surface area contributed by atoms with Gasteiger partial charge < -0.3 is 4.74 Å². The van der Waals surface area contributed by atoms with Crippen molar-refractivity contribution >= 4 is 10.0 Å². The van der Waals surface area contributed by atoms with Crippen LogP contribution in [0.3, 0.4) is 0 Å². The van der Waals surface area contributed by atoms with E-state index in [1.165, 1.54) is 21.7 Å². The summed E-state index contributed by atoms with van der Waals surface area (Å²) < 4.78 is 30.9. The largest absolute Gasteiger partial charge is 0.494 e. The average Bonchev–Trinajstić information content (AvgIpc) is 2.77. The molecule has 0 amide bonds. The maximum atomic E-state index is 11.7. The van der Waals surface area contributed by atoms with Crippen molar-refractivity contribution in [2.24, 2.45) is 0 Å². The highest BCUT2D eigenvalue weighted by Crippen LogP contribution is 2.25. The van der Waals surface area contributed by atoms with Gasteiger partial charge in [-0.05, 0) is 54.2 Å². The van der Waals surface area contributed by atoms with Gasteiger partial charge in [0.05, 0.1) is 18.6 Å². The minimum atomic E-state index is -3.14. The summed E-state index contributed by atoms with van der Waals surface area (Å²) in [6.07, 6.45) is 5.75. The number of pyridine rings is 1. The molecule has 3 aromatic rings. The standard InChI is InChI=1S/C24H26N2O3S/c1-30(27,28)26-14-13-21-16-23(11-10-22(21)18-26)29-15-5-6-19-9-12-24(25-17-19)20-7-3-2-4-8-20/h2-4,7-12,16-17H,5-6,13-15,18H2,1H3. The molecule has 0 spiro atoms. The number of aromatic nitrogens is 1. The van der Waals surface area contributed by atoms with Gasteiger partial charge in [-0.25, -0.2) is 8.42 Å². The van der Waals surface area contributed by atoms with Crippen LogP contribution in [0.25, 0.3) is 11.3 Å². The van der Waals surface area contributed by atoms with Crippen molar-refractivity contribution in [1.82, 2.24) is 9.29 Å². The molecule has 30 heavy (non-hydrogen) atoms. The Morgan fingerprint density at radius 2 is 1.87 bits per heavy atom. The molecule has 0 bridgehead atoms. The Labute approximate surface area is 178 Å². The minimum absolute atomic E-state index is 0.445. The van der Waals surface area contributed by atoms with Crippen molar-refractivity contribution in [3.05, 3.63) is 83.6 Å².